The fourth-order valence-corrected chi connectivity index (χ4v) is 4.39. The first-order valence-electron chi connectivity index (χ1n) is 10.0. The van der Waals surface area contributed by atoms with Gasteiger partial charge in [-0.2, -0.15) is 0 Å². The second-order valence-electron chi connectivity index (χ2n) is 8.38. The van der Waals surface area contributed by atoms with E-state index in [0.717, 1.165) is 32.4 Å². The summed E-state index contributed by atoms with van der Waals surface area (Å²) in [6, 6.07) is 0. The summed E-state index contributed by atoms with van der Waals surface area (Å²) >= 11 is 0. The molecule has 2 fully saturated rings. The van der Waals surface area contributed by atoms with E-state index >= 15 is 0 Å². The maximum atomic E-state index is 10.5. The highest BCUT2D eigenvalue weighted by atomic mass is 16.3. The third-order valence-electron chi connectivity index (χ3n) is 5.98. The number of nitrogens with zero attached hydrogens (tertiary/aromatic N) is 2. The predicted molar refractivity (Wildman–Crippen MR) is 108 cm³/mol. The molecule has 26 heavy (non-hydrogen) atoms. The lowest BCUT2D eigenvalue weighted by Crippen LogP contribution is -2.20. The van der Waals surface area contributed by atoms with Crippen LogP contribution in [-0.2, 0) is 0 Å². The van der Waals surface area contributed by atoms with Gasteiger partial charge < -0.3 is 15.1 Å². The minimum atomic E-state index is -0.494. The van der Waals surface area contributed by atoms with E-state index in [0.29, 0.717) is 24.2 Å². The zero-order valence-electron chi connectivity index (χ0n) is 16.8. The molecule has 2 aliphatic rings. The molecule has 2 N–H and O–H groups in total. The molecule has 2 saturated carbocycles. The molecule has 0 aliphatic heterocycles. The van der Waals surface area contributed by atoms with E-state index in [-0.39, 0.29) is 17.9 Å². The predicted octanol–water partition coefficient (Wildman–Crippen LogP) is 2.61. The van der Waals surface area contributed by atoms with E-state index in [9.17, 15) is 10.2 Å². The fourth-order valence-electron chi connectivity index (χ4n) is 4.39. The van der Waals surface area contributed by atoms with Gasteiger partial charge in [-0.05, 0) is 64.0 Å². The Morgan fingerprint density at radius 1 is 1.27 bits per heavy atom. The van der Waals surface area contributed by atoms with Crippen LogP contribution in [0.25, 0.3) is 0 Å². The van der Waals surface area contributed by atoms with Crippen molar-refractivity contribution in [3.8, 4) is 11.8 Å². The lowest BCUT2D eigenvalue weighted by molar-refractivity contribution is 0.134. The van der Waals surface area contributed by atoms with Crippen LogP contribution in [0.3, 0.4) is 0 Å². The van der Waals surface area contributed by atoms with Crippen molar-refractivity contribution in [3.63, 3.8) is 0 Å². The molecule has 0 aromatic carbocycles. The maximum Gasteiger partial charge on any atom is 0.0755 e. The van der Waals surface area contributed by atoms with Gasteiger partial charge in [0.05, 0.1) is 18.8 Å². The van der Waals surface area contributed by atoms with Crippen LogP contribution in [0.5, 0.6) is 0 Å². The van der Waals surface area contributed by atoms with E-state index in [1.807, 2.05) is 19.9 Å². The highest BCUT2D eigenvalue weighted by Crippen LogP contribution is 2.50. The van der Waals surface area contributed by atoms with E-state index in [1.54, 1.807) is 0 Å². The monoisotopic (exact) mass is 360 g/mol. The van der Waals surface area contributed by atoms with Crippen LogP contribution in [0, 0.1) is 41.4 Å². The van der Waals surface area contributed by atoms with Crippen molar-refractivity contribution in [1.82, 2.24) is 4.90 Å². The Morgan fingerprint density at radius 2 is 2.04 bits per heavy atom. The van der Waals surface area contributed by atoms with Crippen LogP contribution in [0.2, 0.25) is 0 Å². The molecule has 2 rings (SSSR count). The average molecular weight is 361 g/mol. The van der Waals surface area contributed by atoms with Gasteiger partial charge in [0.2, 0.25) is 0 Å². The molecule has 146 valence electrons. The van der Waals surface area contributed by atoms with Crippen LogP contribution in [0.15, 0.2) is 17.1 Å². The maximum absolute atomic E-state index is 10.5. The van der Waals surface area contributed by atoms with Crippen LogP contribution in [-0.4, -0.2) is 60.7 Å². The first-order chi connectivity index (χ1) is 12.4. The third kappa shape index (κ3) is 5.94. The van der Waals surface area contributed by atoms with Gasteiger partial charge in [0.15, 0.2) is 0 Å². The summed E-state index contributed by atoms with van der Waals surface area (Å²) in [5.74, 6) is 7.84. The van der Waals surface area contributed by atoms with Gasteiger partial charge in [0.1, 0.15) is 0 Å². The molecule has 0 spiro atoms. The zero-order chi connectivity index (χ0) is 19.1. The normalized spacial score (nSPS) is 33.6. The molecule has 0 aromatic heterocycles. The Morgan fingerprint density at radius 3 is 2.73 bits per heavy atom. The van der Waals surface area contributed by atoms with Crippen molar-refractivity contribution in [1.29, 1.82) is 0 Å². The van der Waals surface area contributed by atoms with Crippen LogP contribution in [0.4, 0.5) is 0 Å². The molecule has 1 unspecified atom stereocenters. The fraction of sp³-hybridized carbons (Fsp3) is 0.773. The Balaban J connectivity index is 1.88. The SMILES string of the molecule is CC#CC[C@H](C)[C@H](O)C=C[C@@H]1[C@H]2CC(C=NCCN(C)C)C[C@H]2C[C@H]1O. The molecule has 4 nitrogen and oxygen atoms in total. The number of aliphatic imine (C=N–C) groups is 1. The van der Waals surface area contributed by atoms with Gasteiger partial charge in [0, 0.05) is 25.1 Å². The minimum absolute atomic E-state index is 0.119. The largest absolute Gasteiger partial charge is 0.392 e. The van der Waals surface area contributed by atoms with Crippen molar-refractivity contribution >= 4 is 6.21 Å². The molecule has 0 saturated heterocycles. The van der Waals surface area contributed by atoms with Crippen molar-refractivity contribution in [2.45, 2.75) is 51.7 Å². The molecule has 0 heterocycles. The number of likely N-dealkylation sites (N-methyl/N-ethyl adjacent to an activating group) is 1. The number of hydrogen-bond donors (Lipinski definition) is 2. The second-order valence-corrected chi connectivity index (χ2v) is 8.38. The van der Waals surface area contributed by atoms with Gasteiger partial charge in [-0.3, -0.25) is 4.99 Å². The van der Waals surface area contributed by atoms with Crippen molar-refractivity contribution in [2.75, 3.05) is 27.2 Å². The molecule has 0 amide bonds. The lowest BCUT2D eigenvalue weighted by Gasteiger charge is -2.19. The van der Waals surface area contributed by atoms with Crippen molar-refractivity contribution in [2.24, 2.45) is 34.6 Å². The number of aliphatic hydroxyl groups is 2. The molecule has 0 bridgehead atoms. The summed E-state index contributed by atoms with van der Waals surface area (Å²) in [4.78, 5) is 6.74. The van der Waals surface area contributed by atoms with E-state index in [4.69, 9.17) is 0 Å². The summed E-state index contributed by atoms with van der Waals surface area (Å²) in [6.07, 6.45) is 9.17. The Bertz CT molecular complexity index is 546. The van der Waals surface area contributed by atoms with E-state index < -0.39 is 6.10 Å². The highest BCUT2D eigenvalue weighted by Gasteiger charge is 2.46. The number of aliphatic hydroxyl groups excluding tert-OH is 2. The topological polar surface area (TPSA) is 56.1 Å². The first-order valence-corrected chi connectivity index (χ1v) is 10.0. The molecular formula is C22H36N2O2. The summed E-state index contributed by atoms with van der Waals surface area (Å²) in [6.45, 7) is 5.68. The van der Waals surface area contributed by atoms with Gasteiger partial charge in [-0.15, -0.1) is 11.8 Å². The summed E-state index contributed by atoms with van der Waals surface area (Å²) in [5.41, 5.74) is 0. The highest BCUT2D eigenvalue weighted by molar-refractivity contribution is 5.61. The molecule has 0 aromatic rings. The van der Waals surface area contributed by atoms with Crippen LogP contribution >= 0.6 is 0 Å². The Kier molecular flexibility index (Phi) is 8.34. The number of rotatable bonds is 8. The Labute approximate surface area is 159 Å². The van der Waals surface area contributed by atoms with Crippen LogP contribution < -0.4 is 0 Å². The summed E-state index contributed by atoms with van der Waals surface area (Å²) in [7, 11) is 4.13. The summed E-state index contributed by atoms with van der Waals surface area (Å²) < 4.78 is 0. The molecule has 0 radical (unpaired) electrons. The molecular weight excluding hydrogens is 324 g/mol. The molecule has 4 heteroatoms. The number of fused-ring (bicyclic) bond motifs is 1. The van der Waals surface area contributed by atoms with Crippen LogP contribution in [0.1, 0.15) is 39.5 Å². The van der Waals surface area contributed by atoms with Crippen molar-refractivity contribution < 1.29 is 10.2 Å². The summed E-state index contributed by atoms with van der Waals surface area (Å²) in [5, 5.41) is 20.8. The zero-order valence-corrected chi connectivity index (χ0v) is 16.8. The first kappa shape index (κ1) is 21.2. The molecule has 7 atom stereocenters. The molecule has 2 aliphatic carbocycles. The van der Waals surface area contributed by atoms with Gasteiger partial charge in [-0.1, -0.05) is 19.1 Å². The second kappa shape index (κ2) is 10.3. The minimum Gasteiger partial charge on any atom is -0.392 e. The van der Waals surface area contributed by atoms with Crippen molar-refractivity contribution in [3.05, 3.63) is 12.2 Å². The van der Waals surface area contributed by atoms with Gasteiger partial charge >= 0.3 is 0 Å². The average Bonchev–Trinajstić information content (AvgIpc) is 3.10. The Hall–Kier alpha value is -1.15. The quantitative estimate of drug-likeness (QED) is 0.397. The van der Waals surface area contributed by atoms with E-state index in [2.05, 4.69) is 48.1 Å². The lowest BCUT2D eigenvalue weighted by atomic mass is 9.89. The van der Waals surface area contributed by atoms with Gasteiger partial charge in [0.25, 0.3) is 0 Å². The van der Waals surface area contributed by atoms with Gasteiger partial charge in [-0.25, -0.2) is 0 Å². The standard InChI is InChI=1S/C22H36N2O2/c1-5-6-7-16(2)21(25)9-8-19-20-13-17(12-18(20)14-22(19)26)15-23-10-11-24(3)4/h8-9,15-22,25-26H,7,10-14H2,1-4H3/t16-,17?,18-,19+,20-,21+,22+/m0/s1. The van der Waals surface area contributed by atoms with E-state index in [1.165, 1.54) is 0 Å². The smallest absolute Gasteiger partial charge is 0.0755 e. The number of hydrogen-bond acceptors (Lipinski definition) is 4. The third-order valence-corrected chi connectivity index (χ3v) is 5.98.